The van der Waals surface area contributed by atoms with Gasteiger partial charge in [-0.25, -0.2) is 28.0 Å². The Kier molecular flexibility index (Phi) is 32.5. The molecule has 0 atom stereocenters. The van der Waals surface area contributed by atoms with Gasteiger partial charge >= 0.3 is 23.9 Å². The number of carbonyl (C=O) groups excluding carboxylic acids is 4. The summed E-state index contributed by atoms with van der Waals surface area (Å²) in [4.78, 5) is 52.5. The van der Waals surface area contributed by atoms with Gasteiger partial charge in [0.15, 0.2) is 0 Å². The van der Waals surface area contributed by atoms with Crippen LogP contribution in [0.25, 0.3) is 22.3 Å². The summed E-state index contributed by atoms with van der Waals surface area (Å²) in [6.07, 6.45) is 45.5. The van der Waals surface area contributed by atoms with E-state index in [0.717, 1.165) is 59.4 Å². The number of carbonyl (C=O) groups is 4. The first-order chi connectivity index (χ1) is 45.1. The second-order valence-electron chi connectivity index (χ2n) is 25.0. The Balaban J connectivity index is 0.763. The van der Waals surface area contributed by atoms with Gasteiger partial charge in [0.25, 0.3) is 0 Å². The van der Waals surface area contributed by atoms with Crippen LogP contribution in [0, 0.1) is 11.6 Å². The fraction of sp³-hybridized carbons (Fsp3) is 0.439. The van der Waals surface area contributed by atoms with Gasteiger partial charge in [0.1, 0.15) is 34.6 Å². The lowest BCUT2D eigenvalue weighted by Crippen LogP contribution is -2.13. The van der Waals surface area contributed by atoms with Crippen molar-refractivity contribution in [3.05, 3.63) is 203 Å². The molecule has 7 aromatic rings. The summed E-state index contributed by atoms with van der Waals surface area (Å²) in [6.45, 7) is 4.55. The number of halogens is 2. The van der Waals surface area contributed by atoms with E-state index in [1.807, 2.05) is 24.3 Å². The van der Waals surface area contributed by atoms with Gasteiger partial charge in [-0.3, -0.25) is 0 Å². The molecule has 0 amide bonds. The number of unbranched alkanes of at least 4 members (excludes halogenated alkanes) is 30. The monoisotopic (exact) mass is 1250 g/mol. The van der Waals surface area contributed by atoms with Crippen molar-refractivity contribution in [2.75, 3.05) is 0 Å². The topological polar surface area (TPSA) is 105 Å². The van der Waals surface area contributed by atoms with E-state index >= 15 is 8.78 Å². The van der Waals surface area contributed by atoms with Gasteiger partial charge < -0.3 is 18.9 Å². The molecule has 0 saturated heterocycles. The quantitative estimate of drug-likeness (QED) is 0.0211. The van der Waals surface area contributed by atoms with Crippen LogP contribution in [0.4, 0.5) is 8.78 Å². The highest BCUT2D eigenvalue weighted by atomic mass is 19.1. The summed E-state index contributed by atoms with van der Waals surface area (Å²) < 4.78 is 52.5. The first kappa shape index (κ1) is 71.7. The Morgan fingerprint density at radius 1 is 0.272 bits per heavy atom. The molecule has 10 heteroatoms. The molecule has 0 aromatic heterocycles. The Morgan fingerprint density at radius 2 is 0.522 bits per heavy atom. The minimum atomic E-state index is -1.07. The Morgan fingerprint density at radius 3 is 0.804 bits per heavy atom. The average Bonchev–Trinajstić information content (AvgIpc) is 1.11. The Bertz CT molecular complexity index is 3060. The molecule has 0 aliphatic heterocycles. The zero-order valence-electron chi connectivity index (χ0n) is 55.1. The van der Waals surface area contributed by atoms with Gasteiger partial charge in [0.2, 0.25) is 0 Å². The molecule has 8 nitrogen and oxygen atoms in total. The zero-order valence-corrected chi connectivity index (χ0v) is 55.1. The third kappa shape index (κ3) is 26.1. The summed E-state index contributed by atoms with van der Waals surface area (Å²) >= 11 is 0. The van der Waals surface area contributed by atoms with Crippen LogP contribution in [-0.4, -0.2) is 23.9 Å². The third-order valence-corrected chi connectivity index (χ3v) is 17.4. The highest BCUT2D eigenvalue weighted by Gasteiger charge is 2.21. The van der Waals surface area contributed by atoms with Crippen LogP contribution in [0.3, 0.4) is 0 Å². The number of esters is 4. The van der Waals surface area contributed by atoms with Crippen LogP contribution in [0.1, 0.15) is 272 Å². The summed E-state index contributed by atoms with van der Waals surface area (Å²) in [5, 5.41) is 0. The van der Waals surface area contributed by atoms with Crippen molar-refractivity contribution >= 4 is 23.9 Å². The Hall–Kier alpha value is -7.72. The molecule has 0 saturated carbocycles. The number of rotatable bonds is 44. The summed E-state index contributed by atoms with van der Waals surface area (Å²) in [5.41, 5.74) is 6.21. The second kappa shape index (κ2) is 41.7. The van der Waals surface area contributed by atoms with Crippen molar-refractivity contribution in [1.82, 2.24) is 0 Å². The van der Waals surface area contributed by atoms with E-state index < -0.39 is 46.6 Å². The number of hydrogen-bond acceptors (Lipinski definition) is 8. The van der Waals surface area contributed by atoms with E-state index in [2.05, 4.69) is 62.4 Å². The van der Waals surface area contributed by atoms with Gasteiger partial charge in [-0.2, -0.15) is 0 Å². The van der Waals surface area contributed by atoms with Gasteiger partial charge in [0, 0.05) is 18.2 Å². The standard InChI is InChI=1S/C82H100F2O8/c1-3-5-7-9-11-13-15-17-19-21-23-25-27-29-31-33-36-63-40-44-65(45-41-63)67-48-52-69(53-49-67)79(85)89-73-56-58-75(77(83)61-73)81(87)91-71-38-35-39-72(60-71)92-82(88)76-59-57-74(62-78(76)84)90-80(86)70-54-50-68(51-55-70)66-46-42-64(43-47-66)37-34-32-30-28-26-24-22-20-18-16-14-12-10-8-6-4-2/h35,38-62H,3-34,36-37H2,1-2H3. The van der Waals surface area contributed by atoms with Crippen LogP contribution >= 0.6 is 0 Å². The lowest BCUT2D eigenvalue weighted by atomic mass is 10.00. The molecule has 92 heavy (non-hydrogen) atoms. The van der Waals surface area contributed by atoms with Crippen LogP contribution in [0.5, 0.6) is 23.0 Å². The van der Waals surface area contributed by atoms with E-state index in [-0.39, 0.29) is 34.1 Å². The summed E-state index contributed by atoms with van der Waals surface area (Å²) in [6, 6.07) is 43.1. The van der Waals surface area contributed by atoms with E-state index in [4.69, 9.17) is 18.9 Å². The number of ether oxygens (including phenoxy) is 4. The molecule has 0 unspecified atom stereocenters. The van der Waals surface area contributed by atoms with Gasteiger partial charge in [0.05, 0.1) is 22.3 Å². The lowest BCUT2D eigenvalue weighted by molar-refractivity contribution is 0.0720. The lowest BCUT2D eigenvalue weighted by Gasteiger charge is -2.10. The normalized spacial score (nSPS) is 11.2. The first-order valence-electron chi connectivity index (χ1n) is 35.0. The summed E-state index contributed by atoms with van der Waals surface area (Å²) in [5.74, 6) is -5.94. The molecule has 0 N–H and O–H groups in total. The molecule has 0 aliphatic carbocycles. The first-order valence-corrected chi connectivity index (χ1v) is 35.0. The van der Waals surface area contributed by atoms with Crippen molar-refractivity contribution in [1.29, 1.82) is 0 Å². The van der Waals surface area contributed by atoms with Crippen LogP contribution in [-0.2, 0) is 12.8 Å². The molecule has 0 fully saturated rings. The Labute approximate surface area is 548 Å². The molecule has 490 valence electrons. The highest BCUT2D eigenvalue weighted by Crippen LogP contribution is 2.29. The van der Waals surface area contributed by atoms with E-state index in [1.54, 1.807) is 24.3 Å². The maximum Gasteiger partial charge on any atom is 0.346 e. The molecule has 0 spiro atoms. The largest absolute Gasteiger partial charge is 0.423 e. The van der Waals surface area contributed by atoms with E-state index in [9.17, 15) is 19.2 Å². The molecule has 0 bridgehead atoms. The second-order valence-corrected chi connectivity index (χ2v) is 25.0. The molecule has 7 rings (SSSR count). The predicted octanol–water partition coefficient (Wildman–Crippen LogP) is 23.8. The predicted molar refractivity (Wildman–Crippen MR) is 369 cm³/mol. The third-order valence-electron chi connectivity index (χ3n) is 17.4. The van der Waals surface area contributed by atoms with Crippen molar-refractivity contribution < 1.29 is 46.9 Å². The molecule has 0 heterocycles. The van der Waals surface area contributed by atoms with Gasteiger partial charge in [-0.1, -0.05) is 285 Å². The highest BCUT2D eigenvalue weighted by molar-refractivity contribution is 5.95. The average molecular weight is 1250 g/mol. The van der Waals surface area contributed by atoms with Gasteiger partial charge in [-0.05, 0) is 120 Å². The maximum absolute atomic E-state index is 15.4. The minimum absolute atomic E-state index is 0.0928. The van der Waals surface area contributed by atoms with Crippen LogP contribution < -0.4 is 18.9 Å². The van der Waals surface area contributed by atoms with Crippen LogP contribution in [0.15, 0.2) is 158 Å². The maximum atomic E-state index is 15.4. The molecule has 0 radical (unpaired) electrons. The van der Waals surface area contributed by atoms with Crippen molar-refractivity contribution in [2.45, 2.75) is 232 Å². The fourth-order valence-electron chi connectivity index (χ4n) is 11.8. The van der Waals surface area contributed by atoms with E-state index in [1.165, 1.54) is 253 Å². The molecule has 0 aliphatic rings. The zero-order chi connectivity index (χ0) is 64.8. The molecule has 7 aromatic carbocycles. The number of aryl methyl sites for hydroxylation is 2. The van der Waals surface area contributed by atoms with E-state index in [0.29, 0.717) is 0 Å². The van der Waals surface area contributed by atoms with Crippen LogP contribution in [0.2, 0.25) is 0 Å². The molecular weight excluding hydrogens is 1150 g/mol. The van der Waals surface area contributed by atoms with Crippen molar-refractivity contribution in [3.63, 3.8) is 0 Å². The van der Waals surface area contributed by atoms with Crippen molar-refractivity contribution in [3.8, 4) is 45.3 Å². The van der Waals surface area contributed by atoms with Gasteiger partial charge in [-0.15, -0.1) is 0 Å². The number of benzene rings is 7. The molecular formula is C82H100F2O8. The SMILES string of the molecule is CCCCCCCCCCCCCCCCCCc1ccc(-c2ccc(C(=O)Oc3ccc(C(=O)Oc4cccc(OC(=O)c5ccc(OC(=O)c6ccc(-c7ccc(CCCCCCCCCCCCCCCCCC)cc7)cc6)cc5F)c4)c(F)c3)cc2)cc1. The number of hydrogen-bond donors (Lipinski definition) is 0. The van der Waals surface area contributed by atoms with Crippen molar-refractivity contribution in [2.24, 2.45) is 0 Å². The smallest absolute Gasteiger partial charge is 0.346 e. The fourth-order valence-corrected chi connectivity index (χ4v) is 11.8. The minimum Gasteiger partial charge on any atom is -0.423 e. The summed E-state index contributed by atoms with van der Waals surface area (Å²) in [7, 11) is 0.